The lowest BCUT2D eigenvalue weighted by molar-refractivity contribution is 0.354. The molecule has 0 amide bonds. The van der Waals surface area contributed by atoms with Crippen LogP contribution in [0.15, 0.2) is 52.9 Å². The third-order valence-electron chi connectivity index (χ3n) is 4.28. The topological polar surface area (TPSA) is 57.4 Å². The van der Waals surface area contributed by atoms with E-state index in [1.807, 2.05) is 24.3 Å². The van der Waals surface area contributed by atoms with Gasteiger partial charge in [0.1, 0.15) is 0 Å². The molecule has 0 unspecified atom stereocenters. The van der Waals surface area contributed by atoms with Crippen molar-refractivity contribution in [3.8, 4) is 11.5 Å². The molecule has 3 rings (SSSR count). The summed E-state index contributed by atoms with van der Waals surface area (Å²) in [6.45, 7) is 0. The number of ether oxygens (including phenoxy) is 2. The van der Waals surface area contributed by atoms with Crippen LogP contribution in [-0.2, 0) is 25.7 Å². The van der Waals surface area contributed by atoms with Gasteiger partial charge in [0, 0.05) is 12.8 Å². The number of aromatic nitrogens is 2. The van der Waals surface area contributed by atoms with Crippen molar-refractivity contribution in [3.63, 3.8) is 0 Å². The summed E-state index contributed by atoms with van der Waals surface area (Å²) in [5.74, 6) is 2.85. The zero-order valence-corrected chi connectivity index (χ0v) is 15.3. The number of aryl methyl sites for hydroxylation is 4. The second-order valence-electron chi connectivity index (χ2n) is 6.12. The van der Waals surface area contributed by atoms with Crippen molar-refractivity contribution in [2.75, 3.05) is 14.2 Å². The van der Waals surface area contributed by atoms with Gasteiger partial charge in [-0.05, 0) is 42.5 Å². The normalized spacial score (nSPS) is 10.7. The van der Waals surface area contributed by atoms with E-state index in [0.29, 0.717) is 18.2 Å². The summed E-state index contributed by atoms with van der Waals surface area (Å²) in [6, 6.07) is 16.4. The van der Waals surface area contributed by atoms with E-state index in [4.69, 9.17) is 13.9 Å². The fourth-order valence-corrected chi connectivity index (χ4v) is 2.87. The Kier molecular flexibility index (Phi) is 6.25. The molecule has 0 aliphatic rings. The standard InChI is InChI=1S/C21H24N2O3/c1-24-18-13-11-17(15-19(18)25-2)12-14-21-23-22-20(26-21)10-6-9-16-7-4-3-5-8-16/h3-5,7-8,11,13,15H,6,9-10,12,14H2,1-2H3. The molecule has 5 nitrogen and oxygen atoms in total. The average Bonchev–Trinajstić information content (AvgIpc) is 3.14. The van der Waals surface area contributed by atoms with E-state index in [9.17, 15) is 0 Å². The average molecular weight is 352 g/mol. The Morgan fingerprint density at radius 3 is 2.19 bits per heavy atom. The molecule has 0 saturated carbocycles. The molecule has 0 radical (unpaired) electrons. The summed E-state index contributed by atoms with van der Waals surface area (Å²) in [5.41, 5.74) is 2.48. The Hall–Kier alpha value is -2.82. The van der Waals surface area contributed by atoms with Gasteiger partial charge in [0.05, 0.1) is 14.2 Å². The van der Waals surface area contributed by atoms with Crippen LogP contribution in [0.5, 0.6) is 11.5 Å². The Morgan fingerprint density at radius 2 is 1.46 bits per heavy atom. The number of hydrogen-bond donors (Lipinski definition) is 0. The lowest BCUT2D eigenvalue weighted by Gasteiger charge is -2.08. The maximum absolute atomic E-state index is 5.77. The van der Waals surface area contributed by atoms with E-state index < -0.39 is 0 Å². The predicted molar refractivity (Wildman–Crippen MR) is 99.7 cm³/mol. The molecule has 0 aliphatic heterocycles. The minimum atomic E-state index is 0.675. The molecule has 26 heavy (non-hydrogen) atoms. The molecule has 1 heterocycles. The van der Waals surface area contributed by atoms with E-state index in [1.54, 1.807) is 14.2 Å². The SMILES string of the molecule is COc1ccc(CCc2nnc(CCCc3ccccc3)o2)cc1OC. The predicted octanol–water partition coefficient (Wildman–Crippen LogP) is 4.05. The molecule has 0 atom stereocenters. The lowest BCUT2D eigenvalue weighted by Crippen LogP contribution is -1.95. The van der Waals surface area contributed by atoms with Gasteiger partial charge in [0.2, 0.25) is 11.8 Å². The molecule has 0 bridgehead atoms. The van der Waals surface area contributed by atoms with Crippen LogP contribution in [0, 0.1) is 0 Å². The zero-order chi connectivity index (χ0) is 18.2. The number of hydrogen-bond acceptors (Lipinski definition) is 5. The second-order valence-corrected chi connectivity index (χ2v) is 6.12. The maximum Gasteiger partial charge on any atom is 0.216 e. The van der Waals surface area contributed by atoms with E-state index in [2.05, 4.69) is 34.5 Å². The quantitative estimate of drug-likeness (QED) is 0.581. The first-order valence-electron chi connectivity index (χ1n) is 8.84. The van der Waals surface area contributed by atoms with Crippen molar-refractivity contribution < 1.29 is 13.9 Å². The Bertz CT molecular complexity index is 815. The summed E-state index contributed by atoms with van der Waals surface area (Å²) >= 11 is 0. The molecular formula is C21H24N2O3. The van der Waals surface area contributed by atoms with Gasteiger partial charge in [0.25, 0.3) is 0 Å². The number of nitrogens with zero attached hydrogens (tertiary/aromatic N) is 2. The van der Waals surface area contributed by atoms with Crippen molar-refractivity contribution in [1.82, 2.24) is 10.2 Å². The largest absolute Gasteiger partial charge is 0.493 e. The van der Waals surface area contributed by atoms with Crippen molar-refractivity contribution in [3.05, 3.63) is 71.4 Å². The molecule has 0 fully saturated rings. The second kappa shape index (κ2) is 9.04. The molecule has 1 aromatic heterocycles. The van der Waals surface area contributed by atoms with Crippen LogP contribution in [-0.4, -0.2) is 24.4 Å². The van der Waals surface area contributed by atoms with Crippen LogP contribution in [0.4, 0.5) is 0 Å². The van der Waals surface area contributed by atoms with E-state index >= 15 is 0 Å². The number of benzene rings is 2. The lowest BCUT2D eigenvalue weighted by atomic mass is 10.1. The van der Waals surface area contributed by atoms with Gasteiger partial charge in [-0.25, -0.2) is 0 Å². The third kappa shape index (κ3) is 4.85. The highest BCUT2D eigenvalue weighted by Crippen LogP contribution is 2.28. The molecule has 0 N–H and O–H groups in total. The zero-order valence-electron chi connectivity index (χ0n) is 15.3. The Labute approximate surface area is 154 Å². The minimum absolute atomic E-state index is 0.675. The molecule has 136 valence electrons. The fraction of sp³-hybridized carbons (Fsp3) is 0.333. The summed E-state index contributed by atoms with van der Waals surface area (Å²) in [7, 11) is 3.27. The highest BCUT2D eigenvalue weighted by atomic mass is 16.5. The monoisotopic (exact) mass is 352 g/mol. The highest BCUT2D eigenvalue weighted by molar-refractivity contribution is 5.42. The van der Waals surface area contributed by atoms with Gasteiger partial charge in [-0.1, -0.05) is 36.4 Å². The molecule has 5 heteroatoms. The van der Waals surface area contributed by atoms with Crippen molar-refractivity contribution in [2.24, 2.45) is 0 Å². The van der Waals surface area contributed by atoms with Crippen LogP contribution < -0.4 is 9.47 Å². The van der Waals surface area contributed by atoms with Crippen molar-refractivity contribution >= 4 is 0 Å². The van der Waals surface area contributed by atoms with Crippen LogP contribution in [0.3, 0.4) is 0 Å². The summed E-state index contributed by atoms with van der Waals surface area (Å²) in [6.07, 6.45) is 4.34. The first kappa shape index (κ1) is 18.0. The number of rotatable bonds is 9. The number of methoxy groups -OCH3 is 2. The maximum atomic E-state index is 5.77. The van der Waals surface area contributed by atoms with Crippen LogP contribution in [0.25, 0.3) is 0 Å². The summed E-state index contributed by atoms with van der Waals surface area (Å²) < 4.78 is 16.4. The van der Waals surface area contributed by atoms with Gasteiger partial charge < -0.3 is 13.9 Å². The molecule has 2 aromatic carbocycles. The Morgan fingerprint density at radius 1 is 0.731 bits per heavy atom. The van der Waals surface area contributed by atoms with Gasteiger partial charge >= 0.3 is 0 Å². The first-order chi connectivity index (χ1) is 12.8. The van der Waals surface area contributed by atoms with Gasteiger partial charge in [-0.15, -0.1) is 10.2 Å². The van der Waals surface area contributed by atoms with Crippen LogP contribution in [0.1, 0.15) is 29.3 Å². The smallest absolute Gasteiger partial charge is 0.216 e. The van der Waals surface area contributed by atoms with Crippen LogP contribution >= 0.6 is 0 Å². The van der Waals surface area contributed by atoms with Crippen molar-refractivity contribution in [2.45, 2.75) is 32.1 Å². The van der Waals surface area contributed by atoms with Crippen molar-refractivity contribution in [1.29, 1.82) is 0 Å². The highest BCUT2D eigenvalue weighted by Gasteiger charge is 2.09. The third-order valence-corrected chi connectivity index (χ3v) is 4.28. The molecule has 0 saturated heterocycles. The molecule has 0 spiro atoms. The first-order valence-corrected chi connectivity index (χ1v) is 8.84. The molecular weight excluding hydrogens is 328 g/mol. The van der Waals surface area contributed by atoms with Gasteiger partial charge in [-0.3, -0.25) is 0 Å². The van der Waals surface area contributed by atoms with Crippen LogP contribution in [0.2, 0.25) is 0 Å². The van der Waals surface area contributed by atoms with E-state index in [0.717, 1.165) is 42.7 Å². The fourth-order valence-electron chi connectivity index (χ4n) is 2.87. The van der Waals surface area contributed by atoms with E-state index in [-0.39, 0.29) is 0 Å². The molecule has 0 aliphatic carbocycles. The molecule has 3 aromatic rings. The van der Waals surface area contributed by atoms with Gasteiger partial charge in [-0.2, -0.15) is 0 Å². The summed E-state index contributed by atoms with van der Waals surface area (Å²) in [5, 5.41) is 8.32. The van der Waals surface area contributed by atoms with E-state index in [1.165, 1.54) is 5.56 Å². The minimum Gasteiger partial charge on any atom is -0.493 e. The Balaban J connectivity index is 1.49. The van der Waals surface area contributed by atoms with Gasteiger partial charge in [0.15, 0.2) is 11.5 Å². The summed E-state index contributed by atoms with van der Waals surface area (Å²) in [4.78, 5) is 0.